The van der Waals surface area contributed by atoms with Crippen LogP contribution in [-0.2, 0) is 11.2 Å². The molecule has 4 nitrogen and oxygen atoms in total. The summed E-state index contributed by atoms with van der Waals surface area (Å²) in [6.45, 7) is 3.70. The van der Waals surface area contributed by atoms with E-state index in [9.17, 15) is 4.79 Å². The van der Waals surface area contributed by atoms with Crippen LogP contribution in [0.5, 0.6) is 0 Å². The van der Waals surface area contributed by atoms with E-state index in [0.717, 1.165) is 29.4 Å². The largest absolute Gasteiger partial charge is 0.396 e. The molecule has 0 spiro atoms. The summed E-state index contributed by atoms with van der Waals surface area (Å²) in [5, 5.41) is 10.3. The van der Waals surface area contributed by atoms with Gasteiger partial charge in [0.05, 0.1) is 6.42 Å². The number of aliphatic hydroxyl groups is 1. The molecule has 1 unspecified atom stereocenters. The van der Waals surface area contributed by atoms with Crippen molar-refractivity contribution < 1.29 is 9.90 Å². The highest BCUT2D eigenvalue weighted by Gasteiger charge is 2.25. The van der Waals surface area contributed by atoms with E-state index in [1.54, 1.807) is 0 Å². The van der Waals surface area contributed by atoms with Crippen LogP contribution in [0.15, 0.2) is 24.4 Å². The van der Waals surface area contributed by atoms with E-state index in [1.807, 2.05) is 11.1 Å². The second-order valence-corrected chi connectivity index (χ2v) is 5.72. The van der Waals surface area contributed by atoms with E-state index in [1.165, 1.54) is 5.56 Å². The third-order valence-corrected chi connectivity index (χ3v) is 4.16. The van der Waals surface area contributed by atoms with Gasteiger partial charge >= 0.3 is 0 Å². The molecular weight excluding hydrogens is 252 g/mol. The highest BCUT2D eigenvalue weighted by atomic mass is 16.3. The molecule has 0 bridgehead atoms. The van der Waals surface area contributed by atoms with Gasteiger partial charge in [-0.3, -0.25) is 4.79 Å². The average Bonchev–Trinajstić information content (AvgIpc) is 3.05. The van der Waals surface area contributed by atoms with Gasteiger partial charge in [0.25, 0.3) is 0 Å². The Kier molecular flexibility index (Phi) is 3.49. The van der Waals surface area contributed by atoms with Crippen LogP contribution in [0.3, 0.4) is 0 Å². The highest BCUT2D eigenvalue weighted by Crippen LogP contribution is 2.22. The number of aliphatic hydroxyl groups excluding tert-OH is 1. The van der Waals surface area contributed by atoms with Gasteiger partial charge in [-0.05, 0) is 30.5 Å². The smallest absolute Gasteiger partial charge is 0.227 e. The van der Waals surface area contributed by atoms with Crippen molar-refractivity contribution in [1.29, 1.82) is 0 Å². The van der Waals surface area contributed by atoms with Crippen LogP contribution in [0.1, 0.15) is 17.5 Å². The van der Waals surface area contributed by atoms with Crippen molar-refractivity contribution in [1.82, 2.24) is 9.88 Å². The summed E-state index contributed by atoms with van der Waals surface area (Å²) in [7, 11) is 0. The van der Waals surface area contributed by atoms with Gasteiger partial charge in [-0.2, -0.15) is 0 Å². The van der Waals surface area contributed by atoms with Gasteiger partial charge < -0.3 is 15.0 Å². The lowest BCUT2D eigenvalue weighted by atomic mass is 10.1. The van der Waals surface area contributed by atoms with E-state index in [0.29, 0.717) is 13.0 Å². The van der Waals surface area contributed by atoms with Crippen molar-refractivity contribution in [3.63, 3.8) is 0 Å². The van der Waals surface area contributed by atoms with E-state index < -0.39 is 0 Å². The first-order chi connectivity index (χ1) is 9.67. The summed E-state index contributed by atoms with van der Waals surface area (Å²) in [6.07, 6.45) is 3.28. The predicted octanol–water partition coefficient (Wildman–Crippen LogP) is 1.86. The van der Waals surface area contributed by atoms with Gasteiger partial charge in [0.1, 0.15) is 0 Å². The lowest BCUT2D eigenvalue weighted by Gasteiger charge is -2.15. The number of nitrogens with zero attached hydrogens (tertiary/aromatic N) is 1. The lowest BCUT2D eigenvalue weighted by Crippen LogP contribution is -2.30. The zero-order valence-corrected chi connectivity index (χ0v) is 11.7. The number of aromatic nitrogens is 1. The molecule has 1 aromatic carbocycles. The minimum atomic E-state index is 0.155. The van der Waals surface area contributed by atoms with E-state index >= 15 is 0 Å². The van der Waals surface area contributed by atoms with Gasteiger partial charge in [0.2, 0.25) is 5.91 Å². The molecular formula is C16H20N2O2. The molecule has 1 aromatic heterocycles. The Morgan fingerprint density at radius 1 is 1.50 bits per heavy atom. The fourth-order valence-corrected chi connectivity index (χ4v) is 2.93. The molecule has 106 valence electrons. The summed E-state index contributed by atoms with van der Waals surface area (Å²) in [6, 6.07) is 6.24. The third-order valence-electron chi connectivity index (χ3n) is 4.16. The molecule has 0 saturated carbocycles. The molecule has 1 aliphatic heterocycles. The van der Waals surface area contributed by atoms with Crippen molar-refractivity contribution in [3.05, 3.63) is 35.5 Å². The molecule has 0 aliphatic carbocycles. The van der Waals surface area contributed by atoms with Crippen LogP contribution in [-0.4, -0.2) is 40.6 Å². The Labute approximate surface area is 118 Å². The summed E-state index contributed by atoms with van der Waals surface area (Å²) in [5.74, 6) is 0.409. The number of rotatable bonds is 3. The zero-order valence-electron chi connectivity index (χ0n) is 11.7. The Balaban J connectivity index is 1.75. The zero-order chi connectivity index (χ0) is 14.1. The summed E-state index contributed by atoms with van der Waals surface area (Å²) in [4.78, 5) is 17.4. The molecule has 0 radical (unpaired) electrons. The van der Waals surface area contributed by atoms with Crippen molar-refractivity contribution in [2.45, 2.75) is 19.8 Å². The normalized spacial score (nSPS) is 18.9. The maximum absolute atomic E-state index is 12.3. The van der Waals surface area contributed by atoms with Crippen molar-refractivity contribution in [2.75, 3.05) is 19.7 Å². The molecule has 2 N–H and O–H groups in total. The molecule has 4 heteroatoms. The molecule has 1 atom stereocenters. The molecule has 3 rings (SSSR count). The number of hydrogen-bond donors (Lipinski definition) is 2. The minimum Gasteiger partial charge on any atom is -0.396 e. The number of carbonyl (C=O) groups is 1. The first kappa shape index (κ1) is 13.2. The average molecular weight is 272 g/mol. The second-order valence-electron chi connectivity index (χ2n) is 5.72. The summed E-state index contributed by atoms with van der Waals surface area (Å²) < 4.78 is 0. The van der Waals surface area contributed by atoms with Crippen LogP contribution in [0.2, 0.25) is 0 Å². The number of hydrogen-bond acceptors (Lipinski definition) is 2. The fraction of sp³-hybridized carbons (Fsp3) is 0.438. The van der Waals surface area contributed by atoms with Crippen LogP contribution in [0, 0.1) is 12.8 Å². The van der Waals surface area contributed by atoms with Crippen LogP contribution < -0.4 is 0 Å². The fourth-order valence-electron chi connectivity index (χ4n) is 2.93. The predicted molar refractivity (Wildman–Crippen MR) is 78.5 cm³/mol. The Bertz CT molecular complexity index is 632. The first-order valence-electron chi connectivity index (χ1n) is 7.12. The number of benzene rings is 1. The first-order valence-corrected chi connectivity index (χ1v) is 7.12. The number of aromatic amines is 1. The van der Waals surface area contributed by atoms with Gasteiger partial charge in [0, 0.05) is 42.7 Å². The Morgan fingerprint density at radius 2 is 2.35 bits per heavy atom. The summed E-state index contributed by atoms with van der Waals surface area (Å²) >= 11 is 0. The standard InChI is InChI=1S/C16H20N2O2/c1-11-2-3-14-13(8-17-15(14)6-11)7-16(20)18-5-4-12(9-18)10-19/h2-3,6,8,12,17,19H,4-5,7,9-10H2,1H3. The van der Waals surface area contributed by atoms with Crippen LogP contribution in [0.25, 0.3) is 10.9 Å². The molecule has 20 heavy (non-hydrogen) atoms. The van der Waals surface area contributed by atoms with Crippen molar-refractivity contribution >= 4 is 16.8 Å². The Hall–Kier alpha value is -1.81. The van der Waals surface area contributed by atoms with Crippen LogP contribution in [0.4, 0.5) is 0 Å². The topological polar surface area (TPSA) is 56.3 Å². The molecule has 1 fully saturated rings. The number of nitrogens with one attached hydrogen (secondary N) is 1. The number of aryl methyl sites for hydroxylation is 1. The van der Waals surface area contributed by atoms with E-state index in [-0.39, 0.29) is 18.4 Å². The van der Waals surface area contributed by atoms with Gasteiger partial charge in [-0.15, -0.1) is 0 Å². The van der Waals surface area contributed by atoms with E-state index in [4.69, 9.17) is 5.11 Å². The van der Waals surface area contributed by atoms with Gasteiger partial charge in [-0.1, -0.05) is 12.1 Å². The number of likely N-dealkylation sites (tertiary alicyclic amines) is 1. The number of carbonyl (C=O) groups excluding carboxylic acids is 1. The van der Waals surface area contributed by atoms with E-state index in [2.05, 4.69) is 30.1 Å². The molecule has 2 aromatic rings. The van der Waals surface area contributed by atoms with Crippen LogP contribution >= 0.6 is 0 Å². The minimum absolute atomic E-state index is 0.155. The number of amides is 1. The molecule has 1 aliphatic rings. The second kappa shape index (κ2) is 5.29. The monoisotopic (exact) mass is 272 g/mol. The molecule has 2 heterocycles. The highest BCUT2D eigenvalue weighted by molar-refractivity contribution is 5.89. The lowest BCUT2D eigenvalue weighted by molar-refractivity contribution is -0.129. The quantitative estimate of drug-likeness (QED) is 0.896. The molecule has 1 saturated heterocycles. The summed E-state index contributed by atoms with van der Waals surface area (Å²) in [5.41, 5.74) is 3.35. The Morgan fingerprint density at radius 3 is 3.10 bits per heavy atom. The maximum atomic E-state index is 12.3. The third kappa shape index (κ3) is 2.43. The number of H-pyrrole nitrogens is 1. The molecule has 1 amide bonds. The SMILES string of the molecule is Cc1ccc2c(CC(=O)N3CCC(CO)C3)c[nH]c2c1. The van der Waals surface area contributed by atoms with Crippen molar-refractivity contribution in [2.24, 2.45) is 5.92 Å². The van der Waals surface area contributed by atoms with Gasteiger partial charge in [0.15, 0.2) is 0 Å². The maximum Gasteiger partial charge on any atom is 0.227 e. The number of fused-ring (bicyclic) bond motifs is 1. The van der Waals surface area contributed by atoms with Gasteiger partial charge in [-0.25, -0.2) is 0 Å². The van der Waals surface area contributed by atoms with Crippen molar-refractivity contribution in [3.8, 4) is 0 Å².